The molecular weight excluding hydrogens is 104 g/mol. The molecule has 0 aromatic carbocycles. The van der Waals surface area contributed by atoms with E-state index in [4.69, 9.17) is 5.11 Å². The van der Waals surface area contributed by atoms with Crippen molar-refractivity contribution in [2.24, 2.45) is 0 Å². The second kappa shape index (κ2) is 1.62. The molecule has 2 nitrogen and oxygen atoms in total. The van der Waals surface area contributed by atoms with Gasteiger partial charge in [-0.25, -0.2) is 4.79 Å². The van der Waals surface area contributed by atoms with Gasteiger partial charge in [-0.05, 0) is 19.8 Å². The molecule has 0 aliphatic heterocycles. The molecule has 1 rings (SSSR count). The minimum Gasteiger partial charge on any atom is -0.478 e. The fourth-order valence-corrected chi connectivity index (χ4v) is 0.589. The zero-order valence-electron chi connectivity index (χ0n) is 4.77. The predicted octanol–water partition coefficient (Wildman–Crippen LogP) is 1.18. The quantitative estimate of drug-likeness (QED) is 0.517. The standard InChI is InChI=1S/C6H8O2/c1-4(6(7)8)5-2-3-5/h2-3H2,1H3,(H,7,8). The molecule has 0 bridgehead atoms. The van der Waals surface area contributed by atoms with Gasteiger partial charge in [-0.15, -0.1) is 0 Å². The van der Waals surface area contributed by atoms with Crippen molar-refractivity contribution in [3.63, 3.8) is 0 Å². The van der Waals surface area contributed by atoms with Gasteiger partial charge in [0.25, 0.3) is 0 Å². The molecule has 0 heterocycles. The van der Waals surface area contributed by atoms with Crippen LogP contribution in [-0.4, -0.2) is 11.1 Å². The van der Waals surface area contributed by atoms with Crippen LogP contribution in [0.2, 0.25) is 0 Å². The van der Waals surface area contributed by atoms with Gasteiger partial charge in [0.05, 0.1) is 0 Å². The Bertz CT molecular complexity index is 150. The molecule has 0 aromatic rings. The highest BCUT2D eigenvalue weighted by Crippen LogP contribution is 2.31. The largest absolute Gasteiger partial charge is 0.478 e. The molecule has 1 aliphatic carbocycles. The lowest BCUT2D eigenvalue weighted by Crippen LogP contribution is -1.94. The SMILES string of the molecule is CC(C(=O)O)=C1CC1. The molecule has 0 amide bonds. The summed E-state index contributed by atoms with van der Waals surface area (Å²) in [5, 5.41) is 8.33. The average molecular weight is 112 g/mol. The van der Waals surface area contributed by atoms with Crippen LogP contribution in [0.3, 0.4) is 0 Å². The Morgan fingerprint density at radius 2 is 2.12 bits per heavy atom. The van der Waals surface area contributed by atoms with Crippen LogP contribution in [0.5, 0.6) is 0 Å². The first-order valence-corrected chi connectivity index (χ1v) is 2.63. The van der Waals surface area contributed by atoms with E-state index in [2.05, 4.69) is 0 Å². The Labute approximate surface area is 47.8 Å². The maximum atomic E-state index is 10.1. The van der Waals surface area contributed by atoms with Gasteiger partial charge in [-0.1, -0.05) is 5.57 Å². The Hall–Kier alpha value is -0.790. The van der Waals surface area contributed by atoms with E-state index < -0.39 is 5.97 Å². The highest BCUT2D eigenvalue weighted by Gasteiger charge is 2.17. The molecule has 1 saturated carbocycles. The lowest BCUT2D eigenvalue weighted by Gasteiger charge is -1.85. The van der Waals surface area contributed by atoms with E-state index in [1.807, 2.05) is 0 Å². The van der Waals surface area contributed by atoms with Gasteiger partial charge in [0.1, 0.15) is 0 Å². The number of carboxylic acids is 1. The minimum absolute atomic E-state index is 0.546. The Morgan fingerprint density at radius 3 is 2.25 bits per heavy atom. The van der Waals surface area contributed by atoms with Gasteiger partial charge < -0.3 is 5.11 Å². The normalized spacial score (nSPS) is 15.9. The number of hydrogen-bond donors (Lipinski definition) is 1. The number of carbonyl (C=O) groups is 1. The number of hydrogen-bond acceptors (Lipinski definition) is 1. The maximum Gasteiger partial charge on any atom is 0.331 e. The maximum absolute atomic E-state index is 10.1. The number of aliphatic carboxylic acids is 1. The monoisotopic (exact) mass is 112 g/mol. The van der Waals surface area contributed by atoms with Crippen molar-refractivity contribution in [3.8, 4) is 0 Å². The van der Waals surface area contributed by atoms with Crippen LogP contribution in [0.1, 0.15) is 19.8 Å². The Morgan fingerprint density at radius 1 is 1.62 bits per heavy atom. The highest BCUT2D eigenvalue weighted by atomic mass is 16.4. The first-order chi connectivity index (χ1) is 3.72. The fourth-order valence-electron chi connectivity index (χ4n) is 0.589. The smallest absolute Gasteiger partial charge is 0.331 e. The third-order valence-corrected chi connectivity index (χ3v) is 1.35. The fraction of sp³-hybridized carbons (Fsp3) is 0.500. The lowest BCUT2D eigenvalue weighted by atomic mass is 10.3. The van der Waals surface area contributed by atoms with Gasteiger partial charge in [-0.3, -0.25) is 0 Å². The summed E-state index contributed by atoms with van der Waals surface area (Å²) >= 11 is 0. The van der Waals surface area contributed by atoms with Gasteiger partial charge in [0, 0.05) is 5.57 Å². The zero-order valence-corrected chi connectivity index (χ0v) is 4.77. The minimum atomic E-state index is -0.766. The van der Waals surface area contributed by atoms with Gasteiger partial charge in [0.2, 0.25) is 0 Å². The van der Waals surface area contributed by atoms with E-state index in [1.165, 1.54) is 0 Å². The van der Waals surface area contributed by atoms with Crippen LogP contribution in [0.15, 0.2) is 11.1 Å². The van der Waals surface area contributed by atoms with Crippen LogP contribution in [-0.2, 0) is 4.79 Å². The summed E-state index contributed by atoms with van der Waals surface area (Å²) in [6, 6.07) is 0. The molecule has 1 aliphatic rings. The third kappa shape index (κ3) is 0.886. The first kappa shape index (κ1) is 5.35. The Balaban J connectivity index is 2.70. The summed E-state index contributed by atoms with van der Waals surface area (Å²) in [5.41, 5.74) is 1.66. The molecule has 1 N–H and O–H groups in total. The first-order valence-electron chi connectivity index (χ1n) is 2.63. The highest BCUT2D eigenvalue weighted by molar-refractivity contribution is 5.87. The van der Waals surface area contributed by atoms with Crippen LogP contribution in [0.4, 0.5) is 0 Å². The number of carboxylic acid groups (broad SMARTS) is 1. The van der Waals surface area contributed by atoms with Crippen molar-refractivity contribution in [1.29, 1.82) is 0 Å². The molecule has 1 fully saturated rings. The average Bonchev–Trinajstić information content (AvgIpc) is 2.43. The summed E-state index contributed by atoms with van der Waals surface area (Å²) in [7, 11) is 0. The van der Waals surface area contributed by atoms with Crippen LogP contribution < -0.4 is 0 Å². The van der Waals surface area contributed by atoms with Gasteiger partial charge in [-0.2, -0.15) is 0 Å². The van der Waals surface area contributed by atoms with Crippen molar-refractivity contribution in [2.75, 3.05) is 0 Å². The second-order valence-electron chi connectivity index (χ2n) is 2.03. The molecule has 0 saturated heterocycles. The van der Waals surface area contributed by atoms with E-state index in [-0.39, 0.29) is 0 Å². The molecular formula is C6H8O2. The van der Waals surface area contributed by atoms with Crippen molar-refractivity contribution in [1.82, 2.24) is 0 Å². The van der Waals surface area contributed by atoms with E-state index in [0.29, 0.717) is 5.57 Å². The molecule has 44 valence electrons. The van der Waals surface area contributed by atoms with Crippen molar-refractivity contribution in [2.45, 2.75) is 19.8 Å². The van der Waals surface area contributed by atoms with E-state index in [1.54, 1.807) is 6.92 Å². The van der Waals surface area contributed by atoms with E-state index >= 15 is 0 Å². The van der Waals surface area contributed by atoms with Gasteiger partial charge >= 0.3 is 5.97 Å². The Kier molecular flexibility index (Phi) is 1.08. The van der Waals surface area contributed by atoms with Crippen molar-refractivity contribution in [3.05, 3.63) is 11.1 Å². The molecule has 0 atom stereocenters. The van der Waals surface area contributed by atoms with Crippen molar-refractivity contribution >= 4 is 5.97 Å². The summed E-state index contributed by atoms with van der Waals surface area (Å²) in [6.07, 6.45) is 2.00. The molecule has 8 heavy (non-hydrogen) atoms. The lowest BCUT2D eigenvalue weighted by molar-refractivity contribution is -0.132. The topological polar surface area (TPSA) is 37.3 Å². The van der Waals surface area contributed by atoms with E-state index in [9.17, 15) is 4.79 Å². The van der Waals surface area contributed by atoms with Crippen LogP contribution in [0.25, 0.3) is 0 Å². The molecule has 0 aromatic heterocycles. The molecule has 0 radical (unpaired) electrons. The molecule has 0 unspecified atom stereocenters. The summed E-state index contributed by atoms with van der Waals surface area (Å²) in [5.74, 6) is -0.766. The predicted molar refractivity (Wildman–Crippen MR) is 29.6 cm³/mol. The van der Waals surface area contributed by atoms with E-state index in [0.717, 1.165) is 18.4 Å². The third-order valence-electron chi connectivity index (χ3n) is 1.35. The number of rotatable bonds is 1. The zero-order chi connectivity index (χ0) is 6.15. The van der Waals surface area contributed by atoms with Crippen LogP contribution >= 0.6 is 0 Å². The summed E-state index contributed by atoms with van der Waals surface area (Å²) in [6.45, 7) is 1.66. The summed E-state index contributed by atoms with van der Waals surface area (Å²) in [4.78, 5) is 10.1. The number of allylic oxidation sites excluding steroid dienone is 1. The van der Waals surface area contributed by atoms with Crippen LogP contribution in [0, 0.1) is 0 Å². The molecule has 2 heteroatoms. The second-order valence-corrected chi connectivity index (χ2v) is 2.03. The molecule has 0 spiro atoms. The summed E-state index contributed by atoms with van der Waals surface area (Å²) < 4.78 is 0. The van der Waals surface area contributed by atoms with Gasteiger partial charge in [0.15, 0.2) is 0 Å². The van der Waals surface area contributed by atoms with Crippen molar-refractivity contribution < 1.29 is 9.90 Å².